The van der Waals surface area contributed by atoms with Crippen LogP contribution in [0, 0.1) is 18.6 Å². The minimum atomic E-state index is -0.697. The van der Waals surface area contributed by atoms with Gasteiger partial charge in [0.2, 0.25) is 5.78 Å². The predicted molar refractivity (Wildman–Crippen MR) is 113 cm³/mol. The van der Waals surface area contributed by atoms with Crippen molar-refractivity contribution in [3.8, 4) is 11.5 Å². The highest BCUT2D eigenvalue weighted by molar-refractivity contribution is 6.15. The van der Waals surface area contributed by atoms with E-state index in [-0.39, 0.29) is 23.7 Å². The van der Waals surface area contributed by atoms with E-state index < -0.39 is 17.6 Å². The molecule has 1 heterocycles. The van der Waals surface area contributed by atoms with Gasteiger partial charge in [0.15, 0.2) is 5.76 Å². The van der Waals surface area contributed by atoms with Crippen molar-refractivity contribution in [3.05, 3.63) is 99.8 Å². The molecule has 0 aromatic heterocycles. The number of fused-ring (bicyclic) bond motifs is 1. The zero-order valence-corrected chi connectivity index (χ0v) is 17.3. The summed E-state index contributed by atoms with van der Waals surface area (Å²) >= 11 is 0. The average Bonchev–Trinajstić information content (AvgIpc) is 3.09. The van der Waals surface area contributed by atoms with E-state index >= 15 is 0 Å². The molecule has 5 nitrogen and oxygen atoms in total. The lowest BCUT2D eigenvalue weighted by molar-refractivity contribution is 0.0600. The van der Waals surface area contributed by atoms with E-state index in [4.69, 9.17) is 9.47 Å². The smallest absolute Gasteiger partial charge is 0.337 e. The molecule has 0 fully saturated rings. The summed E-state index contributed by atoms with van der Waals surface area (Å²) in [6.45, 7) is 1.42. The van der Waals surface area contributed by atoms with Crippen LogP contribution in [0.15, 0.2) is 60.4 Å². The molecule has 0 saturated carbocycles. The van der Waals surface area contributed by atoms with Crippen LogP contribution in [-0.4, -0.2) is 18.9 Å². The maximum absolute atomic E-state index is 13.8. The predicted octanol–water partition coefficient (Wildman–Crippen LogP) is 5.26. The van der Waals surface area contributed by atoms with Gasteiger partial charge in [-0.05, 0) is 54.5 Å². The number of rotatable bonds is 5. The van der Waals surface area contributed by atoms with E-state index in [0.29, 0.717) is 33.8 Å². The molecule has 162 valence electrons. The summed E-state index contributed by atoms with van der Waals surface area (Å²) < 4.78 is 43.6. The van der Waals surface area contributed by atoms with Gasteiger partial charge in [-0.2, -0.15) is 0 Å². The van der Waals surface area contributed by atoms with Gasteiger partial charge >= 0.3 is 5.97 Å². The van der Waals surface area contributed by atoms with Crippen molar-refractivity contribution in [2.24, 2.45) is 0 Å². The standard InChI is InChI=1S/C25H18F2O5/c1-14-10-17(31-13-18-19(26)4-3-5-20(18)27)12-21-23(14)24(28)22(32-21)11-15-6-8-16(9-7-15)25(29)30-2/h3-12H,13H2,1-2H3/b22-11-. The molecule has 0 atom stereocenters. The number of allylic oxidation sites excluding steroid dienone is 1. The minimum absolute atomic E-state index is 0.117. The summed E-state index contributed by atoms with van der Waals surface area (Å²) in [6, 6.07) is 13.2. The van der Waals surface area contributed by atoms with Gasteiger partial charge in [-0.25, -0.2) is 13.6 Å². The first-order valence-corrected chi connectivity index (χ1v) is 9.70. The average molecular weight is 436 g/mol. The molecule has 4 rings (SSSR count). The van der Waals surface area contributed by atoms with Crippen LogP contribution < -0.4 is 9.47 Å². The number of esters is 1. The first-order chi connectivity index (χ1) is 15.4. The molecule has 7 heteroatoms. The van der Waals surface area contributed by atoms with Crippen molar-refractivity contribution in [1.82, 2.24) is 0 Å². The van der Waals surface area contributed by atoms with Crippen molar-refractivity contribution in [3.63, 3.8) is 0 Å². The molecule has 32 heavy (non-hydrogen) atoms. The monoisotopic (exact) mass is 436 g/mol. The SMILES string of the molecule is COC(=O)c1ccc(/C=C2\Oc3cc(OCc4c(F)cccc4F)cc(C)c3C2=O)cc1. The van der Waals surface area contributed by atoms with Crippen LogP contribution in [0.4, 0.5) is 8.78 Å². The molecule has 1 aliphatic rings. The summed E-state index contributed by atoms with van der Waals surface area (Å²) in [5.74, 6) is -1.40. The van der Waals surface area contributed by atoms with E-state index in [1.54, 1.807) is 43.3 Å². The number of ketones is 1. The lowest BCUT2D eigenvalue weighted by atomic mass is 10.0. The van der Waals surface area contributed by atoms with Crippen LogP contribution in [0.1, 0.15) is 37.4 Å². The number of carbonyl (C=O) groups excluding carboxylic acids is 2. The number of carbonyl (C=O) groups is 2. The van der Waals surface area contributed by atoms with Crippen molar-refractivity contribution in [2.45, 2.75) is 13.5 Å². The Hall–Kier alpha value is -4.00. The third kappa shape index (κ3) is 4.09. The molecule has 0 unspecified atom stereocenters. The minimum Gasteiger partial charge on any atom is -0.489 e. The maximum Gasteiger partial charge on any atom is 0.337 e. The van der Waals surface area contributed by atoms with E-state index in [1.165, 1.54) is 19.2 Å². The molecular formula is C25H18F2O5. The number of ether oxygens (including phenoxy) is 3. The van der Waals surface area contributed by atoms with Crippen molar-refractivity contribution in [1.29, 1.82) is 0 Å². The number of hydrogen-bond donors (Lipinski definition) is 0. The Morgan fingerprint density at radius 2 is 1.75 bits per heavy atom. The van der Waals surface area contributed by atoms with Gasteiger partial charge in [-0.1, -0.05) is 18.2 Å². The highest BCUT2D eigenvalue weighted by atomic mass is 19.1. The number of Topliss-reactive ketones (excluding diaryl/α,β-unsaturated/α-hetero) is 1. The summed E-state index contributed by atoms with van der Waals surface area (Å²) in [6.07, 6.45) is 1.57. The van der Waals surface area contributed by atoms with Crippen LogP contribution >= 0.6 is 0 Å². The molecule has 0 spiro atoms. The van der Waals surface area contributed by atoms with E-state index in [0.717, 1.165) is 12.1 Å². The highest BCUT2D eigenvalue weighted by Gasteiger charge is 2.30. The topological polar surface area (TPSA) is 61.8 Å². The van der Waals surface area contributed by atoms with Gasteiger partial charge in [0.05, 0.1) is 23.8 Å². The summed E-state index contributed by atoms with van der Waals surface area (Å²) in [5.41, 5.74) is 1.88. The zero-order chi connectivity index (χ0) is 22.8. The van der Waals surface area contributed by atoms with E-state index in [2.05, 4.69) is 4.74 Å². The van der Waals surface area contributed by atoms with Crippen LogP contribution in [0.25, 0.3) is 6.08 Å². The van der Waals surface area contributed by atoms with Crippen molar-refractivity contribution >= 4 is 17.8 Å². The lowest BCUT2D eigenvalue weighted by Crippen LogP contribution is -2.02. The number of hydrogen-bond acceptors (Lipinski definition) is 5. The third-order valence-corrected chi connectivity index (χ3v) is 5.02. The highest BCUT2D eigenvalue weighted by Crippen LogP contribution is 2.37. The first-order valence-electron chi connectivity index (χ1n) is 9.70. The molecule has 1 aliphatic heterocycles. The van der Waals surface area contributed by atoms with Gasteiger partial charge in [0.25, 0.3) is 0 Å². The number of aryl methyl sites for hydroxylation is 1. The Labute approximate surface area is 182 Å². The van der Waals surface area contributed by atoms with Gasteiger partial charge in [-0.15, -0.1) is 0 Å². The van der Waals surface area contributed by atoms with Gasteiger partial charge in [-0.3, -0.25) is 4.79 Å². The quantitative estimate of drug-likeness (QED) is 0.404. The normalized spacial score (nSPS) is 13.6. The van der Waals surface area contributed by atoms with E-state index in [9.17, 15) is 18.4 Å². The van der Waals surface area contributed by atoms with Crippen molar-refractivity contribution in [2.75, 3.05) is 7.11 Å². The summed E-state index contributed by atoms with van der Waals surface area (Å²) in [5, 5.41) is 0. The fourth-order valence-electron chi connectivity index (χ4n) is 3.37. The molecular weight excluding hydrogens is 418 g/mol. The Kier molecular flexibility index (Phi) is 5.73. The molecule has 0 aliphatic carbocycles. The van der Waals surface area contributed by atoms with Crippen molar-refractivity contribution < 1.29 is 32.6 Å². The summed E-state index contributed by atoms with van der Waals surface area (Å²) in [4.78, 5) is 24.4. The third-order valence-electron chi connectivity index (χ3n) is 5.02. The Bertz CT molecular complexity index is 1230. The second-order valence-corrected chi connectivity index (χ2v) is 7.16. The molecule has 3 aromatic carbocycles. The fraction of sp³-hybridized carbons (Fsp3) is 0.120. The lowest BCUT2D eigenvalue weighted by Gasteiger charge is -2.10. The summed E-state index contributed by atoms with van der Waals surface area (Å²) in [7, 11) is 1.30. The van der Waals surface area contributed by atoms with E-state index in [1.807, 2.05) is 0 Å². The Morgan fingerprint density at radius 1 is 1.06 bits per heavy atom. The zero-order valence-electron chi connectivity index (χ0n) is 17.3. The van der Waals surface area contributed by atoms with Gasteiger partial charge < -0.3 is 14.2 Å². The van der Waals surface area contributed by atoms with Crippen LogP contribution in [0.3, 0.4) is 0 Å². The molecule has 0 N–H and O–H groups in total. The largest absolute Gasteiger partial charge is 0.489 e. The Morgan fingerprint density at radius 3 is 2.41 bits per heavy atom. The maximum atomic E-state index is 13.8. The van der Waals surface area contributed by atoms with Crippen LogP contribution in [-0.2, 0) is 11.3 Å². The molecule has 0 radical (unpaired) electrons. The van der Waals surface area contributed by atoms with Crippen LogP contribution in [0.5, 0.6) is 11.5 Å². The molecule has 0 saturated heterocycles. The number of methoxy groups -OCH3 is 1. The molecule has 3 aromatic rings. The first kappa shape index (κ1) is 21.2. The second-order valence-electron chi connectivity index (χ2n) is 7.16. The molecule has 0 bridgehead atoms. The van der Waals surface area contributed by atoms with Gasteiger partial charge in [0, 0.05) is 6.07 Å². The number of halogens is 2. The van der Waals surface area contributed by atoms with Gasteiger partial charge in [0.1, 0.15) is 29.7 Å². The Balaban J connectivity index is 1.55. The number of benzene rings is 3. The van der Waals surface area contributed by atoms with Crippen LogP contribution in [0.2, 0.25) is 0 Å². The fourth-order valence-corrected chi connectivity index (χ4v) is 3.37. The molecule has 0 amide bonds. The second kappa shape index (κ2) is 8.63.